The average molecular weight is 380 g/mol. The highest BCUT2D eigenvalue weighted by molar-refractivity contribution is 7.92. The summed E-state index contributed by atoms with van der Waals surface area (Å²) in [5.74, 6) is 0.504. The van der Waals surface area contributed by atoms with Crippen LogP contribution in [0.4, 0.5) is 5.69 Å². The minimum absolute atomic E-state index is 0.0351. The standard InChI is InChI=1S/C16H11Cl2N3O2S/c17-12-6-13(18)8-15(7-12)24(22,23)21-14-9-19-16(20-10-14)11-4-2-1-3-5-11/h1-10,21H. The molecule has 2 aromatic carbocycles. The van der Waals surface area contributed by atoms with Crippen LogP contribution in [0.3, 0.4) is 0 Å². The van der Waals surface area contributed by atoms with Gasteiger partial charge >= 0.3 is 0 Å². The average Bonchev–Trinajstić information content (AvgIpc) is 2.55. The Morgan fingerprint density at radius 1 is 0.875 bits per heavy atom. The fourth-order valence-corrected chi connectivity index (χ4v) is 3.77. The third-order valence-corrected chi connectivity index (χ3v) is 4.88. The van der Waals surface area contributed by atoms with Gasteiger partial charge in [0.25, 0.3) is 10.0 Å². The maximum atomic E-state index is 12.4. The molecule has 0 aliphatic carbocycles. The minimum atomic E-state index is -3.83. The molecule has 0 spiro atoms. The Labute approximate surface area is 149 Å². The van der Waals surface area contributed by atoms with Crippen LogP contribution in [-0.2, 0) is 10.0 Å². The van der Waals surface area contributed by atoms with Crippen LogP contribution in [0.5, 0.6) is 0 Å². The van der Waals surface area contributed by atoms with E-state index < -0.39 is 10.0 Å². The van der Waals surface area contributed by atoms with Crippen LogP contribution in [0.15, 0.2) is 65.8 Å². The number of hydrogen-bond acceptors (Lipinski definition) is 4. The summed E-state index contributed by atoms with van der Waals surface area (Å²) in [6, 6.07) is 13.5. The van der Waals surface area contributed by atoms with Gasteiger partial charge in [-0.05, 0) is 18.2 Å². The molecule has 5 nitrogen and oxygen atoms in total. The van der Waals surface area contributed by atoms with Gasteiger partial charge in [-0.15, -0.1) is 0 Å². The summed E-state index contributed by atoms with van der Waals surface area (Å²) in [5, 5.41) is 0.470. The van der Waals surface area contributed by atoms with Crippen LogP contribution in [0.25, 0.3) is 11.4 Å². The lowest BCUT2D eigenvalue weighted by atomic mass is 10.2. The monoisotopic (exact) mass is 379 g/mol. The predicted octanol–water partition coefficient (Wildman–Crippen LogP) is 4.25. The van der Waals surface area contributed by atoms with Crippen LogP contribution in [0.2, 0.25) is 10.0 Å². The molecule has 0 atom stereocenters. The number of aromatic nitrogens is 2. The van der Waals surface area contributed by atoms with Crippen LogP contribution in [0, 0.1) is 0 Å². The second-order valence-electron chi connectivity index (χ2n) is 4.87. The van der Waals surface area contributed by atoms with E-state index in [1.165, 1.54) is 30.6 Å². The second-order valence-corrected chi connectivity index (χ2v) is 7.43. The molecule has 3 rings (SSSR count). The van der Waals surface area contributed by atoms with E-state index in [1.807, 2.05) is 30.3 Å². The molecule has 122 valence electrons. The number of sulfonamides is 1. The van der Waals surface area contributed by atoms with E-state index in [0.29, 0.717) is 5.82 Å². The van der Waals surface area contributed by atoms with Gasteiger partial charge in [0, 0.05) is 15.6 Å². The Hall–Kier alpha value is -2.15. The quantitative estimate of drug-likeness (QED) is 0.735. The molecule has 0 saturated carbocycles. The van der Waals surface area contributed by atoms with Gasteiger partial charge in [0.1, 0.15) is 0 Å². The van der Waals surface area contributed by atoms with Crippen molar-refractivity contribution in [2.75, 3.05) is 4.72 Å². The van der Waals surface area contributed by atoms with Crippen molar-refractivity contribution in [1.82, 2.24) is 9.97 Å². The summed E-state index contributed by atoms with van der Waals surface area (Å²) in [5.41, 5.74) is 1.08. The summed E-state index contributed by atoms with van der Waals surface area (Å²) in [7, 11) is -3.83. The number of anilines is 1. The normalized spacial score (nSPS) is 11.2. The topological polar surface area (TPSA) is 72.0 Å². The molecule has 24 heavy (non-hydrogen) atoms. The minimum Gasteiger partial charge on any atom is -0.276 e. The van der Waals surface area contributed by atoms with Gasteiger partial charge in [0.2, 0.25) is 0 Å². The molecule has 0 unspecified atom stereocenters. The highest BCUT2D eigenvalue weighted by atomic mass is 35.5. The Morgan fingerprint density at radius 2 is 1.46 bits per heavy atom. The first-order valence-electron chi connectivity index (χ1n) is 6.80. The molecule has 0 fully saturated rings. The van der Waals surface area contributed by atoms with E-state index in [-0.39, 0.29) is 20.6 Å². The first-order chi connectivity index (χ1) is 11.4. The molecule has 0 amide bonds. The van der Waals surface area contributed by atoms with Crippen molar-refractivity contribution in [1.29, 1.82) is 0 Å². The summed E-state index contributed by atoms with van der Waals surface area (Å²) in [6.07, 6.45) is 2.80. The van der Waals surface area contributed by atoms with Gasteiger partial charge in [-0.2, -0.15) is 0 Å². The maximum absolute atomic E-state index is 12.4. The Balaban J connectivity index is 1.85. The number of nitrogens with zero attached hydrogens (tertiary/aromatic N) is 2. The summed E-state index contributed by atoms with van der Waals surface area (Å²) in [6.45, 7) is 0. The molecule has 1 heterocycles. The summed E-state index contributed by atoms with van der Waals surface area (Å²) >= 11 is 11.7. The van der Waals surface area contributed by atoms with Crippen LogP contribution < -0.4 is 4.72 Å². The molecular formula is C16H11Cl2N3O2S. The van der Waals surface area contributed by atoms with Crippen molar-refractivity contribution in [2.45, 2.75) is 4.90 Å². The zero-order valence-electron chi connectivity index (χ0n) is 12.1. The van der Waals surface area contributed by atoms with Crippen LogP contribution in [-0.4, -0.2) is 18.4 Å². The van der Waals surface area contributed by atoms with E-state index in [0.717, 1.165) is 5.56 Å². The van der Waals surface area contributed by atoms with Gasteiger partial charge in [-0.25, -0.2) is 18.4 Å². The first kappa shape index (κ1) is 16.7. The van der Waals surface area contributed by atoms with Gasteiger partial charge in [-0.3, -0.25) is 4.72 Å². The van der Waals surface area contributed by atoms with E-state index in [1.54, 1.807) is 0 Å². The third-order valence-electron chi connectivity index (χ3n) is 3.08. The molecular weight excluding hydrogens is 369 g/mol. The maximum Gasteiger partial charge on any atom is 0.262 e. The first-order valence-corrected chi connectivity index (χ1v) is 9.04. The van der Waals surface area contributed by atoms with Gasteiger partial charge in [0.05, 0.1) is 23.0 Å². The van der Waals surface area contributed by atoms with Crippen molar-refractivity contribution < 1.29 is 8.42 Å². The number of hydrogen-bond donors (Lipinski definition) is 1. The number of rotatable bonds is 4. The molecule has 1 aromatic heterocycles. The van der Waals surface area contributed by atoms with Crippen molar-refractivity contribution in [3.8, 4) is 11.4 Å². The zero-order chi connectivity index (χ0) is 17.2. The van der Waals surface area contributed by atoms with Crippen LogP contribution >= 0.6 is 23.2 Å². The van der Waals surface area contributed by atoms with E-state index in [2.05, 4.69) is 14.7 Å². The molecule has 8 heteroatoms. The number of nitrogens with one attached hydrogen (secondary N) is 1. The highest BCUT2D eigenvalue weighted by Crippen LogP contribution is 2.24. The fraction of sp³-hybridized carbons (Fsp3) is 0. The second kappa shape index (κ2) is 6.76. The number of benzene rings is 2. The fourth-order valence-electron chi connectivity index (χ4n) is 2.01. The molecule has 0 aliphatic heterocycles. The van der Waals surface area contributed by atoms with Gasteiger partial charge in [-0.1, -0.05) is 53.5 Å². The van der Waals surface area contributed by atoms with Gasteiger partial charge < -0.3 is 0 Å². The SMILES string of the molecule is O=S(=O)(Nc1cnc(-c2ccccc2)nc1)c1cc(Cl)cc(Cl)c1. The molecule has 0 radical (unpaired) electrons. The lowest BCUT2D eigenvalue weighted by Gasteiger charge is -2.09. The van der Waals surface area contributed by atoms with E-state index >= 15 is 0 Å². The Morgan fingerprint density at radius 3 is 2.04 bits per heavy atom. The van der Waals surface area contributed by atoms with Crippen molar-refractivity contribution in [2.24, 2.45) is 0 Å². The smallest absolute Gasteiger partial charge is 0.262 e. The molecule has 0 bridgehead atoms. The zero-order valence-corrected chi connectivity index (χ0v) is 14.5. The van der Waals surface area contributed by atoms with Gasteiger partial charge in [0.15, 0.2) is 5.82 Å². The molecule has 1 N–H and O–H groups in total. The lowest BCUT2D eigenvalue weighted by Crippen LogP contribution is -2.13. The highest BCUT2D eigenvalue weighted by Gasteiger charge is 2.16. The molecule has 0 saturated heterocycles. The molecule has 3 aromatic rings. The van der Waals surface area contributed by atoms with Crippen molar-refractivity contribution >= 4 is 38.9 Å². The summed E-state index contributed by atoms with van der Waals surface area (Å²) < 4.78 is 27.2. The number of halogens is 2. The van der Waals surface area contributed by atoms with E-state index in [4.69, 9.17) is 23.2 Å². The summed E-state index contributed by atoms with van der Waals surface area (Å²) in [4.78, 5) is 8.31. The molecule has 0 aliphatic rings. The lowest BCUT2D eigenvalue weighted by molar-refractivity contribution is 0.601. The Bertz CT molecular complexity index is 942. The van der Waals surface area contributed by atoms with E-state index in [9.17, 15) is 8.42 Å². The largest absolute Gasteiger partial charge is 0.276 e. The van der Waals surface area contributed by atoms with Crippen molar-refractivity contribution in [3.05, 3.63) is 71.0 Å². The predicted molar refractivity (Wildman–Crippen MR) is 94.7 cm³/mol. The van der Waals surface area contributed by atoms with Crippen molar-refractivity contribution in [3.63, 3.8) is 0 Å². The Kier molecular flexibility index (Phi) is 4.71. The third kappa shape index (κ3) is 3.84. The van der Waals surface area contributed by atoms with Crippen LogP contribution in [0.1, 0.15) is 0 Å².